The highest BCUT2D eigenvalue weighted by Gasteiger charge is 2.29. The fourth-order valence-corrected chi connectivity index (χ4v) is 0.958. The highest BCUT2D eigenvalue weighted by atomic mass is 32.2. The first kappa shape index (κ1) is 9.74. The summed E-state index contributed by atoms with van der Waals surface area (Å²) in [5, 5.41) is 17.2. The van der Waals surface area contributed by atoms with Crippen molar-refractivity contribution in [3.05, 3.63) is 0 Å². The number of hydrogen-bond donors (Lipinski definition) is 3. The van der Waals surface area contributed by atoms with Gasteiger partial charge >= 0.3 is 5.97 Å². The summed E-state index contributed by atoms with van der Waals surface area (Å²) in [5.41, 5.74) is 2.91. The molecule has 4 N–H and O–H groups in total. The van der Waals surface area contributed by atoms with E-state index >= 15 is 0 Å². The van der Waals surface area contributed by atoms with Crippen molar-refractivity contribution in [3.63, 3.8) is 0 Å². The van der Waals surface area contributed by atoms with E-state index in [0.29, 0.717) is 0 Å². The summed E-state index contributed by atoms with van der Waals surface area (Å²) in [5.74, 6) is -0.612. The van der Waals surface area contributed by atoms with Crippen LogP contribution in [0.5, 0.6) is 0 Å². The lowest BCUT2D eigenvalue weighted by atomic mass is 10.3. The third-order valence-electron chi connectivity index (χ3n) is 0.897. The normalized spacial score (nSPS) is 16.3. The second-order valence-electron chi connectivity index (χ2n) is 1.87. The third kappa shape index (κ3) is 3.05. The molecule has 0 saturated carbocycles. The molecule has 0 rings (SSSR count). The minimum Gasteiger partial charge on any atom is -0.478 e. The number of rotatable bonds is 4. The highest BCUT2D eigenvalue weighted by molar-refractivity contribution is 7.99. The van der Waals surface area contributed by atoms with E-state index in [1.165, 1.54) is 11.8 Å². The van der Waals surface area contributed by atoms with Gasteiger partial charge in [0.1, 0.15) is 0 Å². The zero-order chi connectivity index (χ0) is 8.20. The zero-order valence-electron chi connectivity index (χ0n) is 5.70. The van der Waals surface area contributed by atoms with Crippen LogP contribution in [0.25, 0.3) is 0 Å². The molecule has 0 saturated heterocycles. The van der Waals surface area contributed by atoms with Crippen LogP contribution in [0.1, 0.15) is 6.92 Å². The maximum atomic E-state index is 10.1. The number of hydrogen-bond acceptors (Lipinski definition) is 4. The van der Waals surface area contributed by atoms with Crippen molar-refractivity contribution in [2.24, 2.45) is 5.73 Å². The molecular weight excluding hydrogens is 154 g/mol. The molecule has 0 aliphatic heterocycles. The van der Waals surface area contributed by atoms with Gasteiger partial charge in [0.25, 0.3) is 0 Å². The van der Waals surface area contributed by atoms with Crippen molar-refractivity contribution in [2.75, 3.05) is 11.5 Å². The van der Waals surface area contributed by atoms with Crippen LogP contribution in [0.2, 0.25) is 0 Å². The van der Waals surface area contributed by atoms with E-state index < -0.39 is 11.7 Å². The number of carbonyl (C=O) groups is 1. The van der Waals surface area contributed by atoms with E-state index in [2.05, 4.69) is 0 Å². The molecule has 0 amide bonds. The number of aliphatic carboxylic acids is 1. The fraction of sp³-hybridized carbons (Fsp3) is 0.800. The number of aliphatic hydroxyl groups is 1. The van der Waals surface area contributed by atoms with Gasteiger partial charge in [-0.3, -0.25) is 5.73 Å². The summed E-state index contributed by atoms with van der Waals surface area (Å²) >= 11 is 1.29. The van der Waals surface area contributed by atoms with E-state index in [0.717, 1.165) is 5.75 Å². The summed E-state index contributed by atoms with van der Waals surface area (Å²) < 4.78 is 0. The minimum absolute atomic E-state index is 0.0266. The molecule has 0 fully saturated rings. The van der Waals surface area contributed by atoms with Gasteiger partial charge in [0, 0.05) is 5.75 Å². The molecule has 0 aliphatic carbocycles. The Hall–Kier alpha value is -0.260. The Bertz CT molecular complexity index is 126. The Morgan fingerprint density at radius 2 is 2.30 bits per heavy atom. The summed E-state index contributed by atoms with van der Waals surface area (Å²) in [6, 6.07) is 0. The maximum absolute atomic E-state index is 10.1. The Kier molecular flexibility index (Phi) is 3.70. The monoisotopic (exact) mass is 165 g/mol. The van der Waals surface area contributed by atoms with Crippen LogP contribution in [-0.2, 0) is 4.79 Å². The highest BCUT2D eigenvalue weighted by Crippen LogP contribution is 2.07. The van der Waals surface area contributed by atoms with Crippen molar-refractivity contribution in [1.82, 2.24) is 0 Å². The molecule has 0 aromatic heterocycles. The Labute approximate surface area is 63.4 Å². The molecule has 10 heavy (non-hydrogen) atoms. The van der Waals surface area contributed by atoms with Crippen LogP contribution < -0.4 is 5.73 Å². The smallest absolute Gasteiger partial charge is 0.351 e. The summed E-state index contributed by atoms with van der Waals surface area (Å²) in [7, 11) is 0. The molecule has 0 bridgehead atoms. The van der Waals surface area contributed by atoms with Crippen LogP contribution in [0.3, 0.4) is 0 Å². The first-order chi connectivity index (χ1) is 4.50. The van der Waals surface area contributed by atoms with Crippen molar-refractivity contribution >= 4 is 17.7 Å². The van der Waals surface area contributed by atoms with E-state index in [1.54, 1.807) is 0 Å². The van der Waals surface area contributed by atoms with Gasteiger partial charge in [-0.15, -0.1) is 0 Å². The standard InChI is InChI=1S/C5H11NO3S/c1-2-10-3-5(6,9)4(7)8/h9H,2-3,6H2,1H3,(H,7,8). The summed E-state index contributed by atoms with van der Waals surface area (Å²) in [6.45, 7) is 1.86. The van der Waals surface area contributed by atoms with Crippen molar-refractivity contribution in [1.29, 1.82) is 0 Å². The first-order valence-corrected chi connectivity index (χ1v) is 3.98. The number of nitrogens with two attached hydrogens (primary N) is 1. The third-order valence-corrected chi connectivity index (χ3v) is 1.95. The maximum Gasteiger partial charge on any atom is 0.351 e. The Morgan fingerprint density at radius 3 is 2.60 bits per heavy atom. The number of thioether (sulfide) groups is 1. The molecule has 5 heteroatoms. The van der Waals surface area contributed by atoms with Gasteiger partial charge < -0.3 is 10.2 Å². The Morgan fingerprint density at radius 1 is 1.80 bits per heavy atom. The molecule has 0 aromatic rings. The molecule has 0 heterocycles. The second kappa shape index (κ2) is 3.80. The largest absolute Gasteiger partial charge is 0.478 e. The van der Waals surface area contributed by atoms with Crippen LogP contribution in [-0.4, -0.2) is 33.4 Å². The molecule has 0 aliphatic rings. The average Bonchev–Trinajstić information content (AvgIpc) is 1.84. The molecule has 0 spiro atoms. The van der Waals surface area contributed by atoms with E-state index in [9.17, 15) is 4.79 Å². The van der Waals surface area contributed by atoms with E-state index in [-0.39, 0.29) is 5.75 Å². The summed E-state index contributed by atoms with van der Waals surface area (Å²) in [4.78, 5) is 10.1. The second-order valence-corrected chi connectivity index (χ2v) is 3.14. The van der Waals surface area contributed by atoms with Gasteiger partial charge in [0.05, 0.1) is 0 Å². The molecule has 0 radical (unpaired) electrons. The molecule has 60 valence electrons. The predicted molar refractivity (Wildman–Crippen MR) is 39.8 cm³/mol. The van der Waals surface area contributed by atoms with Crippen LogP contribution in [0, 0.1) is 0 Å². The molecule has 1 atom stereocenters. The van der Waals surface area contributed by atoms with Gasteiger partial charge in [-0.25, -0.2) is 4.79 Å². The van der Waals surface area contributed by atoms with Crippen molar-refractivity contribution < 1.29 is 15.0 Å². The molecule has 1 unspecified atom stereocenters. The average molecular weight is 165 g/mol. The first-order valence-electron chi connectivity index (χ1n) is 2.83. The van der Waals surface area contributed by atoms with Gasteiger partial charge in [0.15, 0.2) is 0 Å². The van der Waals surface area contributed by atoms with Gasteiger partial charge in [-0.2, -0.15) is 11.8 Å². The quantitative estimate of drug-likeness (QED) is 0.488. The van der Waals surface area contributed by atoms with Crippen LogP contribution in [0.4, 0.5) is 0 Å². The lowest BCUT2D eigenvalue weighted by Crippen LogP contribution is -2.50. The molecule has 0 aromatic carbocycles. The lowest BCUT2D eigenvalue weighted by Gasteiger charge is -2.15. The Balaban J connectivity index is 3.75. The fourth-order valence-electron chi connectivity index (χ4n) is 0.319. The van der Waals surface area contributed by atoms with Crippen LogP contribution >= 0.6 is 11.8 Å². The lowest BCUT2D eigenvalue weighted by molar-refractivity contribution is -0.155. The van der Waals surface area contributed by atoms with Gasteiger partial charge in [-0.1, -0.05) is 6.92 Å². The van der Waals surface area contributed by atoms with E-state index in [4.69, 9.17) is 15.9 Å². The van der Waals surface area contributed by atoms with Gasteiger partial charge in [-0.05, 0) is 5.75 Å². The van der Waals surface area contributed by atoms with Crippen molar-refractivity contribution in [3.8, 4) is 0 Å². The number of carboxylic acids is 1. The van der Waals surface area contributed by atoms with Crippen molar-refractivity contribution in [2.45, 2.75) is 12.6 Å². The number of carboxylic acid groups (broad SMARTS) is 1. The molecular formula is C5H11NO3S. The topological polar surface area (TPSA) is 83.5 Å². The SMILES string of the molecule is CCSCC(N)(O)C(=O)O. The summed E-state index contributed by atoms with van der Waals surface area (Å²) in [6.07, 6.45) is 0. The minimum atomic E-state index is -2.07. The molecule has 4 nitrogen and oxygen atoms in total. The van der Waals surface area contributed by atoms with Crippen LogP contribution in [0.15, 0.2) is 0 Å². The zero-order valence-corrected chi connectivity index (χ0v) is 6.52. The van der Waals surface area contributed by atoms with E-state index in [1.807, 2.05) is 6.92 Å². The predicted octanol–water partition coefficient (Wildman–Crippen LogP) is -0.529. The van der Waals surface area contributed by atoms with Gasteiger partial charge in [0.2, 0.25) is 5.72 Å².